The first-order chi connectivity index (χ1) is 11.7. The molecule has 0 heterocycles. The van der Waals surface area contributed by atoms with Gasteiger partial charge in [0.1, 0.15) is 11.5 Å². The normalized spacial score (nSPS) is 9.67. The summed E-state index contributed by atoms with van der Waals surface area (Å²) in [4.78, 5) is 12.1. The van der Waals surface area contributed by atoms with Gasteiger partial charge in [-0.2, -0.15) is 10.5 Å². The van der Waals surface area contributed by atoms with Gasteiger partial charge in [0.2, 0.25) is 0 Å². The monoisotopic (exact) mass is 322 g/mol. The van der Waals surface area contributed by atoms with Crippen LogP contribution in [-0.2, 0) is 9.53 Å². The van der Waals surface area contributed by atoms with E-state index >= 15 is 0 Å². The zero-order chi connectivity index (χ0) is 17.4. The van der Waals surface area contributed by atoms with Crippen molar-refractivity contribution in [2.24, 2.45) is 0 Å². The van der Waals surface area contributed by atoms with E-state index in [1.165, 1.54) is 12.1 Å². The van der Waals surface area contributed by atoms with Crippen molar-refractivity contribution in [1.82, 2.24) is 0 Å². The molecule has 2 aromatic rings. The lowest BCUT2D eigenvalue weighted by Gasteiger charge is -2.19. The largest absolute Gasteiger partial charge is 0.460 e. The van der Waals surface area contributed by atoms with Gasteiger partial charge in [0, 0.05) is 0 Å². The van der Waals surface area contributed by atoms with Gasteiger partial charge in [-0.05, 0) is 43.3 Å². The number of carbonyl (C=O) groups excluding carboxylic acids is 1. The molecule has 2 aromatic carbocycles. The Morgan fingerprint density at radius 3 is 1.92 bits per heavy atom. The summed E-state index contributed by atoms with van der Waals surface area (Å²) < 4.78 is 16.0. The number of benzene rings is 2. The predicted octanol–water partition coefficient (Wildman–Crippen LogP) is 2.78. The molecular weight excluding hydrogens is 308 g/mol. The van der Waals surface area contributed by atoms with E-state index in [2.05, 4.69) is 0 Å². The fraction of sp³-hybridized carbons (Fsp3) is 0.167. The van der Waals surface area contributed by atoms with Crippen LogP contribution in [0.4, 0.5) is 0 Å². The first-order valence-corrected chi connectivity index (χ1v) is 7.16. The van der Waals surface area contributed by atoms with E-state index in [9.17, 15) is 4.79 Å². The van der Waals surface area contributed by atoms with Crippen molar-refractivity contribution in [2.75, 3.05) is 6.61 Å². The topological polar surface area (TPSA) is 92.3 Å². The minimum absolute atomic E-state index is 0.165. The van der Waals surface area contributed by atoms with Crippen molar-refractivity contribution in [3.8, 4) is 23.6 Å². The van der Waals surface area contributed by atoms with E-state index in [1.54, 1.807) is 43.3 Å². The average Bonchev–Trinajstić information content (AvgIpc) is 2.61. The second-order valence-corrected chi connectivity index (χ2v) is 4.60. The lowest BCUT2D eigenvalue weighted by Crippen LogP contribution is -2.35. The molecule has 0 aliphatic rings. The molecule has 6 heteroatoms. The highest BCUT2D eigenvalue weighted by Gasteiger charge is 2.24. The molecule has 0 radical (unpaired) electrons. The van der Waals surface area contributed by atoms with Gasteiger partial charge in [0.15, 0.2) is 0 Å². The van der Waals surface area contributed by atoms with E-state index in [-0.39, 0.29) is 6.61 Å². The van der Waals surface area contributed by atoms with Crippen LogP contribution < -0.4 is 9.47 Å². The molecule has 0 aromatic heterocycles. The summed E-state index contributed by atoms with van der Waals surface area (Å²) in [5.74, 6) is -0.116. The summed E-state index contributed by atoms with van der Waals surface area (Å²) in [6.07, 6.45) is -1.35. The summed E-state index contributed by atoms with van der Waals surface area (Å²) in [6.45, 7) is 1.83. The van der Waals surface area contributed by atoms with Gasteiger partial charge >= 0.3 is 12.3 Å². The summed E-state index contributed by atoms with van der Waals surface area (Å²) in [5.41, 5.74) is 0.781. The van der Waals surface area contributed by atoms with Gasteiger partial charge in [-0.3, -0.25) is 0 Å². The fourth-order valence-corrected chi connectivity index (χ4v) is 1.86. The molecule has 0 saturated carbocycles. The van der Waals surface area contributed by atoms with E-state index in [0.29, 0.717) is 22.6 Å². The third-order valence-electron chi connectivity index (χ3n) is 2.89. The summed E-state index contributed by atoms with van der Waals surface area (Å²) in [7, 11) is 0. The molecule has 0 aliphatic heterocycles. The SMILES string of the molecule is CCOC(=O)C(Oc1cccc(C#N)c1)Oc1cccc(C#N)c1. The molecule has 0 saturated heterocycles. The van der Waals surface area contributed by atoms with Crippen molar-refractivity contribution < 1.29 is 19.0 Å². The molecule has 24 heavy (non-hydrogen) atoms. The van der Waals surface area contributed by atoms with Gasteiger partial charge in [-0.15, -0.1) is 0 Å². The Hall–Kier alpha value is -3.51. The van der Waals surface area contributed by atoms with Gasteiger partial charge in [-0.1, -0.05) is 12.1 Å². The Bertz CT molecular complexity index is 746. The molecule has 6 nitrogen and oxygen atoms in total. The zero-order valence-electron chi connectivity index (χ0n) is 12.9. The highest BCUT2D eigenvalue weighted by Crippen LogP contribution is 2.19. The van der Waals surface area contributed by atoms with Gasteiger partial charge in [0.25, 0.3) is 0 Å². The van der Waals surface area contributed by atoms with E-state index in [4.69, 9.17) is 24.7 Å². The molecule has 0 amide bonds. The number of hydrogen-bond acceptors (Lipinski definition) is 6. The first kappa shape index (κ1) is 16.9. The third-order valence-corrected chi connectivity index (χ3v) is 2.89. The van der Waals surface area contributed by atoms with Crippen molar-refractivity contribution in [2.45, 2.75) is 13.2 Å². The zero-order valence-corrected chi connectivity index (χ0v) is 12.9. The molecule has 0 bridgehead atoms. The second-order valence-electron chi connectivity index (χ2n) is 4.60. The van der Waals surface area contributed by atoms with E-state index < -0.39 is 12.3 Å². The minimum atomic E-state index is -1.35. The van der Waals surface area contributed by atoms with Gasteiger partial charge < -0.3 is 14.2 Å². The van der Waals surface area contributed by atoms with E-state index in [1.807, 2.05) is 12.1 Å². The molecule has 0 unspecified atom stereocenters. The summed E-state index contributed by atoms with van der Waals surface area (Å²) in [5, 5.41) is 17.8. The maximum Gasteiger partial charge on any atom is 0.389 e. The van der Waals surface area contributed by atoms with Crippen LogP contribution in [0.25, 0.3) is 0 Å². The molecule has 0 fully saturated rings. The van der Waals surface area contributed by atoms with Crippen LogP contribution >= 0.6 is 0 Å². The Balaban J connectivity index is 2.22. The second kappa shape index (κ2) is 8.21. The molecule has 2 rings (SSSR count). The van der Waals surface area contributed by atoms with Crippen LogP contribution in [0, 0.1) is 22.7 Å². The van der Waals surface area contributed by atoms with Gasteiger partial charge in [0.05, 0.1) is 29.9 Å². The molecule has 0 N–H and O–H groups in total. The number of esters is 1. The van der Waals surface area contributed by atoms with Crippen LogP contribution in [0.15, 0.2) is 48.5 Å². The molecule has 0 aliphatic carbocycles. The van der Waals surface area contributed by atoms with Crippen molar-refractivity contribution in [1.29, 1.82) is 10.5 Å². The molecule has 0 atom stereocenters. The maximum absolute atomic E-state index is 12.1. The van der Waals surface area contributed by atoms with Gasteiger partial charge in [-0.25, -0.2) is 4.79 Å². The average molecular weight is 322 g/mol. The van der Waals surface area contributed by atoms with E-state index in [0.717, 1.165) is 0 Å². The number of nitriles is 2. The lowest BCUT2D eigenvalue weighted by atomic mass is 10.2. The lowest BCUT2D eigenvalue weighted by molar-refractivity contribution is -0.165. The minimum Gasteiger partial charge on any atom is -0.460 e. The van der Waals surface area contributed by atoms with Crippen LogP contribution in [-0.4, -0.2) is 18.9 Å². The molecular formula is C18H14N2O4. The Morgan fingerprint density at radius 2 is 1.50 bits per heavy atom. The maximum atomic E-state index is 12.1. The third kappa shape index (κ3) is 4.49. The number of carbonyl (C=O) groups is 1. The Morgan fingerprint density at radius 1 is 1.00 bits per heavy atom. The Labute approximate surface area is 139 Å². The number of nitrogens with zero attached hydrogens (tertiary/aromatic N) is 2. The fourth-order valence-electron chi connectivity index (χ4n) is 1.86. The van der Waals surface area contributed by atoms with Crippen molar-refractivity contribution >= 4 is 5.97 Å². The highest BCUT2D eigenvalue weighted by atomic mass is 16.7. The summed E-state index contributed by atoms with van der Waals surface area (Å²) in [6, 6.07) is 16.6. The number of hydrogen-bond donors (Lipinski definition) is 0. The van der Waals surface area contributed by atoms with Crippen molar-refractivity contribution in [3.05, 3.63) is 59.7 Å². The predicted molar refractivity (Wildman–Crippen MR) is 84.0 cm³/mol. The van der Waals surface area contributed by atoms with Crippen LogP contribution in [0.5, 0.6) is 11.5 Å². The van der Waals surface area contributed by atoms with Crippen LogP contribution in [0.1, 0.15) is 18.1 Å². The highest BCUT2D eigenvalue weighted by molar-refractivity contribution is 5.74. The molecule has 120 valence electrons. The Kier molecular flexibility index (Phi) is 5.76. The van der Waals surface area contributed by atoms with Crippen molar-refractivity contribution in [3.63, 3.8) is 0 Å². The quantitative estimate of drug-likeness (QED) is 0.600. The molecule has 0 spiro atoms. The standard InChI is InChI=1S/C18H14N2O4/c1-2-22-17(21)18(23-15-7-3-5-13(9-15)11-19)24-16-8-4-6-14(10-16)12-20/h3-10,18H,2H2,1H3. The number of ether oxygens (including phenoxy) is 3. The van der Waals surface area contributed by atoms with Crippen LogP contribution in [0.2, 0.25) is 0 Å². The summed E-state index contributed by atoms with van der Waals surface area (Å²) >= 11 is 0. The smallest absolute Gasteiger partial charge is 0.389 e. The first-order valence-electron chi connectivity index (χ1n) is 7.16. The van der Waals surface area contributed by atoms with Crippen LogP contribution in [0.3, 0.4) is 0 Å². The number of rotatable bonds is 6.